The van der Waals surface area contributed by atoms with Gasteiger partial charge in [-0.15, -0.1) is 0 Å². The SMILES string of the molecule is CCNC(=NCc1ccccc1CO)N1CCc2cc(OC)c(OC)cc2C1. The van der Waals surface area contributed by atoms with E-state index in [-0.39, 0.29) is 6.61 Å². The first kappa shape index (κ1) is 20.0. The van der Waals surface area contributed by atoms with Crippen molar-refractivity contribution < 1.29 is 14.6 Å². The Morgan fingerprint density at radius 2 is 1.79 bits per heavy atom. The molecule has 1 aliphatic rings. The fourth-order valence-corrected chi connectivity index (χ4v) is 3.52. The van der Waals surface area contributed by atoms with Gasteiger partial charge in [0.05, 0.1) is 27.4 Å². The minimum atomic E-state index is 0.0287. The summed E-state index contributed by atoms with van der Waals surface area (Å²) in [5.41, 5.74) is 4.48. The van der Waals surface area contributed by atoms with Crippen LogP contribution in [0.3, 0.4) is 0 Å². The molecular weight excluding hydrogens is 354 g/mol. The highest BCUT2D eigenvalue weighted by Gasteiger charge is 2.21. The molecule has 2 aromatic rings. The van der Waals surface area contributed by atoms with Crippen molar-refractivity contribution in [2.45, 2.75) is 33.0 Å². The topological polar surface area (TPSA) is 66.3 Å². The summed E-state index contributed by atoms with van der Waals surface area (Å²) in [6.45, 7) is 5.09. The van der Waals surface area contributed by atoms with Crippen LogP contribution in [0, 0.1) is 0 Å². The van der Waals surface area contributed by atoms with Crippen LogP contribution in [0.15, 0.2) is 41.4 Å². The zero-order valence-corrected chi connectivity index (χ0v) is 16.9. The third-order valence-corrected chi connectivity index (χ3v) is 5.04. The predicted molar refractivity (Wildman–Crippen MR) is 111 cm³/mol. The van der Waals surface area contributed by atoms with Crippen molar-refractivity contribution in [2.24, 2.45) is 4.99 Å². The summed E-state index contributed by atoms with van der Waals surface area (Å²) in [6.07, 6.45) is 0.924. The molecule has 0 bridgehead atoms. The summed E-state index contributed by atoms with van der Waals surface area (Å²) in [7, 11) is 3.33. The van der Waals surface area contributed by atoms with Crippen LogP contribution in [0.25, 0.3) is 0 Å². The first-order chi connectivity index (χ1) is 13.7. The Bertz CT molecular complexity index is 836. The summed E-state index contributed by atoms with van der Waals surface area (Å²) in [5.74, 6) is 2.41. The molecule has 28 heavy (non-hydrogen) atoms. The zero-order valence-electron chi connectivity index (χ0n) is 16.9. The largest absolute Gasteiger partial charge is 0.493 e. The summed E-state index contributed by atoms with van der Waals surface area (Å²) >= 11 is 0. The fourth-order valence-electron chi connectivity index (χ4n) is 3.52. The highest BCUT2D eigenvalue weighted by atomic mass is 16.5. The van der Waals surface area contributed by atoms with Crippen molar-refractivity contribution in [1.29, 1.82) is 0 Å². The van der Waals surface area contributed by atoms with Crippen LogP contribution in [-0.4, -0.2) is 43.3 Å². The van der Waals surface area contributed by atoms with Crippen LogP contribution in [0.5, 0.6) is 11.5 Å². The van der Waals surface area contributed by atoms with Gasteiger partial charge >= 0.3 is 0 Å². The smallest absolute Gasteiger partial charge is 0.194 e. The van der Waals surface area contributed by atoms with E-state index < -0.39 is 0 Å². The Balaban J connectivity index is 1.82. The van der Waals surface area contributed by atoms with Gasteiger partial charge in [0.2, 0.25) is 0 Å². The number of aliphatic hydroxyl groups is 1. The number of aliphatic imine (C=N–C) groups is 1. The number of rotatable bonds is 6. The second-order valence-corrected chi connectivity index (χ2v) is 6.74. The second-order valence-electron chi connectivity index (χ2n) is 6.74. The molecule has 0 radical (unpaired) electrons. The molecule has 0 aromatic heterocycles. The lowest BCUT2D eigenvalue weighted by Crippen LogP contribution is -2.44. The van der Waals surface area contributed by atoms with Crippen molar-refractivity contribution >= 4 is 5.96 Å². The van der Waals surface area contributed by atoms with E-state index in [1.165, 1.54) is 11.1 Å². The molecule has 0 amide bonds. The molecule has 0 saturated carbocycles. The van der Waals surface area contributed by atoms with Crippen LogP contribution in [-0.2, 0) is 26.1 Å². The summed E-state index contributed by atoms with van der Waals surface area (Å²) < 4.78 is 10.9. The Kier molecular flexibility index (Phi) is 6.76. The number of nitrogens with one attached hydrogen (secondary N) is 1. The molecule has 0 atom stereocenters. The summed E-state index contributed by atoms with van der Waals surface area (Å²) in [6, 6.07) is 12.0. The van der Waals surface area contributed by atoms with E-state index in [0.717, 1.165) is 54.6 Å². The van der Waals surface area contributed by atoms with Gasteiger partial charge in [-0.05, 0) is 47.7 Å². The maximum absolute atomic E-state index is 9.54. The third kappa shape index (κ3) is 4.39. The Labute approximate surface area is 166 Å². The first-order valence-electron chi connectivity index (χ1n) is 9.64. The Hall–Kier alpha value is -2.73. The molecule has 150 valence electrons. The fraction of sp³-hybridized carbons (Fsp3) is 0.409. The van der Waals surface area contributed by atoms with Crippen LogP contribution < -0.4 is 14.8 Å². The molecule has 0 spiro atoms. The van der Waals surface area contributed by atoms with E-state index in [4.69, 9.17) is 14.5 Å². The van der Waals surface area contributed by atoms with Crippen LogP contribution in [0.1, 0.15) is 29.2 Å². The van der Waals surface area contributed by atoms with E-state index >= 15 is 0 Å². The van der Waals surface area contributed by atoms with Gasteiger partial charge in [-0.1, -0.05) is 24.3 Å². The average molecular weight is 383 g/mol. The molecule has 1 aliphatic heterocycles. The van der Waals surface area contributed by atoms with Crippen LogP contribution >= 0.6 is 0 Å². The van der Waals surface area contributed by atoms with Crippen molar-refractivity contribution in [1.82, 2.24) is 10.2 Å². The van der Waals surface area contributed by atoms with Gasteiger partial charge in [0, 0.05) is 19.6 Å². The molecule has 0 aliphatic carbocycles. The molecule has 0 saturated heterocycles. The number of ether oxygens (including phenoxy) is 2. The molecule has 3 rings (SSSR count). The van der Waals surface area contributed by atoms with Gasteiger partial charge in [-0.3, -0.25) is 0 Å². The molecule has 1 heterocycles. The third-order valence-electron chi connectivity index (χ3n) is 5.04. The predicted octanol–water partition coefficient (Wildman–Crippen LogP) is 2.72. The number of hydrogen-bond donors (Lipinski definition) is 2. The number of nitrogens with zero attached hydrogens (tertiary/aromatic N) is 2. The lowest BCUT2D eigenvalue weighted by atomic mass is 9.99. The molecule has 0 unspecified atom stereocenters. The quantitative estimate of drug-likeness (QED) is 0.593. The van der Waals surface area contributed by atoms with Gasteiger partial charge in [-0.2, -0.15) is 0 Å². The molecule has 6 heteroatoms. The lowest BCUT2D eigenvalue weighted by Gasteiger charge is -2.32. The molecule has 2 aromatic carbocycles. The maximum Gasteiger partial charge on any atom is 0.194 e. The molecule has 6 nitrogen and oxygen atoms in total. The van der Waals surface area contributed by atoms with E-state index in [2.05, 4.69) is 29.3 Å². The van der Waals surface area contributed by atoms with Crippen LogP contribution in [0.2, 0.25) is 0 Å². The Morgan fingerprint density at radius 3 is 2.43 bits per heavy atom. The number of guanidine groups is 1. The Morgan fingerprint density at radius 1 is 1.11 bits per heavy atom. The van der Waals surface area contributed by atoms with Crippen molar-refractivity contribution in [2.75, 3.05) is 27.3 Å². The van der Waals surface area contributed by atoms with E-state index in [1.54, 1.807) is 14.2 Å². The first-order valence-corrected chi connectivity index (χ1v) is 9.64. The number of aliphatic hydroxyl groups excluding tert-OH is 1. The van der Waals surface area contributed by atoms with E-state index in [9.17, 15) is 5.11 Å². The average Bonchev–Trinajstić information content (AvgIpc) is 2.75. The van der Waals surface area contributed by atoms with Gasteiger partial charge in [0.1, 0.15) is 0 Å². The molecule has 2 N–H and O–H groups in total. The van der Waals surface area contributed by atoms with Gasteiger partial charge in [0.25, 0.3) is 0 Å². The van der Waals surface area contributed by atoms with Gasteiger partial charge < -0.3 is 24.8 Å². The van der Waals surface area contributed by atoms with E-state index in [0.29, 0.717) is 6.54 Å². The normalized spacial score (nSPS) is 13.9. The van der Waals surface area contributed by atoms with Crippen molar-refractivity contribution in [3.63, 3.8) is 0 Å². The van der Waals surface area contributed by atoms with Gasteiger partial charge in [0.15, 0.2) is 17.5 Å². The molecule has 0 fully saturated rings. The number of hydrogen-bond acceptors (Lipinski definition) is 4. The van der Waals surface area contributed by atoms with Gasteiger partial charge in [-0.25, -0.2) is 4.99 Å². The van der Waals surface area contributed by atoms with E-state index in [1.807, 2.05) is 24.3 Å². The number of methoxy groups -OCH3 is 2. The summed E-state index contributed by atoms with van der Waals surface area (Å²) in [4.78, 5) is 7.09. The summed E-state index contributed by atoms with van der Waals surface area (Å²) in [5, 5.41) is 12.9. The lowest BCUT2D eigenvalue weighted by molar-refractivity contribution is 0.280. The maximum atomic E-state index is 9.54. The minimum absolute atomic E-state index is 0.0287. The highest BCUT2D eigenvalue weighted by molar-refractivity contribution is 5.80. The van der Waals surface area contributed by atoms with Crippen molar-refractivity contribution in [3.8, 4) is 11.5 Å². The van der Waals surface area contributed by atoms with Crippen molar-refractivity contribution in [3.05, 3.63) is 58.7 Å². The number of benzene rings is 2. The highest BCUT2D eigenvalue weighted by Crippen LogP contribution is 2.33. The standard InChI is InChI=1S/C22H29N3O3/c1-4-23-22(24-13-17-7-5-6-8-18(17)15-26)25-10-9-16-11-20(27-2)21(28-3)12-19(16)14-25/h5-8,11-12,26H,4,9-10,13-15H2,1-3H3,(H,23,24). The van der Waals surface area contributed by atoms with Crippen LogP contribution in [0.4, 0.5) is 0 Å². The number of fused-ring (bicyclic) bond motifs is 1. The molecular formula is C22H29N3O3. The second kappa shape index (κ2) is 9.46. The monoisotopic (exact) mass is 383 g/mol. The zero-order chi connectivity index (χ0) is 19.9. The minimum Gasteiger partial charge on any atom is -0.493 e.